The van der Waals surface area contributed by atoms with Crippen LogP contribution in [0.5, 0.6) is 0 Å². The minimum atomic E-state index is -2.03. The van der Waals surface area contributed by atoms with E-state index in [1.165, 1.54) is 17.2 Å². The van der Waals surface area contributed by atoms with Gasteiger partial charge in [0.15, 0.2) is 29.0 Å². The van der Waals surface area contributed by atoms with Crippen LogP contribution in [0, 0.1) is 23.3 Å². The molecule has 0 bridgehead atoms. The highest BCUT2D eigenvalue weighted by Gasteiger charge is 2.30. The van der Waals surface area contributed by atoms with Crippen molar-refractivity contribution in [2.24, 2.45) is 0 Å². The van der Waals surface area contributed by atoms with Crippen molar-refractivity contribution in [3.05, 3.63) is 59.1 Å². The summed E-state index contributed by atoms with van der Waals surface area (Å²) in [4.78, 5) is 26.9. The third kappa shape index (κ3) is 3.09. The summed E-state index contributed by atoms with van der Waals surface area (Å²) in [5, 5.41) is 0. The predicted molar refractivity (Wildman–Crippen MR) is 76.8 cm³/mol. The van der Waals surface area contributed by atoms with Gasteiger partial charge in [0.2, 0.25) is 0 Å². The number of amides is 2. The Kier molecular flexibility index (Phi) is 4.47. The van der Waals surface area contributed by atoms with Crippen molar-refractivity contribution >= 4 is 11.8 Å². The number of benzene rings is 1. The van der Waals surface area contributed by atoms with Gasteiger partial charge in [-0.15, -0.1) is 0 Å². The molecule has 0 spiro atoms. The number of hydrogen-bond acceptors (Lipinski definition) is 3. The Balaban J connectivity index is 1.71. The number of furan rings is 1. The van der Waals surface area contributed by atoms with Gasteiger partial charge in [0.05, 0.1) is 11.8 Å². The Morgan fingerprint density at radius 3 is 2.04 bits per heavy atom. The van der Waals surface area contributed by atoms with Crippen LogP contribution in [0.3, 0.4) is 0 Å². The molecular formula is C16H12F4N2O3. The van der Waals surface area contributed by atoms with Crippen LogP contribution < -0.4 is 0 Å². The number of piperazine rings is 1. The molecule has 0 N–H and O–H groups in total. The molecule has 2 amide bonds. The lowest BCUT2D eigenvalue weighted by Gasteiger charge is -2.34. The van der Waals surface area contributed by atoms with Crippen LogP contribution in [0.4, 0.5) is 17.6 Å². The quantitative estimate of drug-likeness (QED) is 0.472. The van der Waals surface area contributed by atoms with Gasteiger partial charge in [-0.3, -0.25) is 9.59 Å². The summed E-state index contributed by atoms with van der Waals surface area (Å²) in [5.74, 6) is -8.57. The summed E-state index contributed by atoms with van der Waals surface area (Å²) in [6.45, 7) is 0.342. The first-order valence-corrected chi connectivity index (χ1v) is 7.35. The number of carbonyl (C=O) groups excluding carboxylic acids is 2. The van der Waals surface area contributed by atoms with Crippen LogP contribution >= 0.6 is 0 Å². The second-order valence-corrected chi connectivity index (χ2v) is 5.41. The second kappa shape index (κ2) is 6.58. The van der Waals surface area contributed by atoms with E-state index in [0.29, 0.717) is 6.07 Å². The minimum Gasteiger partial charge on any atom is -0.459 e. The molecule has 132 valence electrons. The standard InChI is InChI=1S/C16H12F4N2O3/c17-10-8-9(12(18)14(20)13(10)19)15(23)21-3-5-22(6-4-21)16(24)11-2-1-7-25-11/h1-2,7-8H,3-6H2. The average Bonchev–Trinajstić information content (AvgIpc) is 3.16. The SMILES string of the molecule is O=C(c1ccco1)N1CCN(C(=O)c2cc(F)c(F)c(F)c2F)CC1. The maximum atomic E-state index is 13.7. The zero-order chi connectivity index (χ0) is 18.1. The van der Waals surface area contributed by atoms with Gasteiger partial charge in [0.25, 0.3) is 11.8 Å². The van der Waals surface area contributed by atoms with Crippen LogP contribution in [0.1, 0.15) is 20.9 Å². The maximum Gasteiger partial charge on any atom is 0.289 e. The van der Waals surface area contributed by atoms with Crippen LogP contribution in [0.25, 0.3) is 0 Å². The molecule has 5 nitrogen and oxygen atoms in total. The van der Waals surface area contributed by atoms with Crippen molar-refractivity contribution in [1.82, 2.24) is 9.80 Å². The lowest BCUT2D eigenvalue weighted by atomic mass is 10.1. The van der Waals surface area contributed by atoms with E-state index in [1.54, 1.807) is 6.07 Å². The van der Waals surface area contributed by atoms with Crippen LogP contribution in [-0.2, 0) is 0 Å². The molecule has 0 saturated carbocycles. The lowest BCUT2D eigenvalue weighted by Crippen LogP contribution is -2.50. The number of rotatable bonds is 2. The van der Waals surface area contributed by atoms with Gasteiger partial charge in [0.1, 0.15) is 0 Å². The van der Waals surface area contributed by atoms with Crippen molar-refractivity contribution in [2.45, 2.75) is 0 Å². The summed E-state index contributed by atoms with van der Waals surface area (Å²) >= 11 is 0. The predicted octanol–water partition coefficient (Wildman–Crippen LogP) is 2.43. The smallest absolute Gasteiger partial charge is 0.289 e. The third-order valence-electron chi connectivity index (χ3n) is 3.92. The number of nitrogens with zero attached hydrogens (tertiary/aromatic N) is 2. The van der Waals surface area contributed by atoms with Gasteiger partial charge in [-0.05, 0) is 18.2 Å². The van der Waals surface area contributed by atoms with Crippen molar-refractivity contribution < 1.29 is 31.6 Å². The summed E-state index contributed by atoms with van der Waals surface area (Å²) in [7, 11) is 0. The first kappa shape index (κ1) is 17.0. The fraction of sp³-hybridized carbons (Fsp3) is 0.250. The molecule has 1 saturated heterocycles. The molecule has 9 heteroatoms. The molecule has 0 atom stereocenters. The number of halogens is 4. The Bertz CT molecular complexity index is 815. The first-order valence-electron chi connectivity index (χ1n) is 7.35. The lowest BCUT2D eigenvalue weighted by molar-refractivity contribution is 0.0514. The topological polar surface area (TPSA) is 53.8 Å². The molecule has 1 aliphatic heterocycles. The van der Waals surface area contributed by atoms with Crippen molar-refractivity contribution in [2.75, 3.05) is 26.2 Å². The monoisotopic (exact) mass is 356 g/mol. The molecule has 2 heterocycles. The number of carbonyl (C=O) groups is 2. The van der Waals surface area contributed by atoms with Gasteiger partial charge in [-0.2, -0.15) is 0 Å². The molecule has 1 aliphatic rings. The molecule has 0 aliphatic carbocycles. The summed E-state index contributed by atoms with van der Waals surface area (Å²) < 4.78 is 58.3. The molecule has 0 radical (unpaired) electrons. The molecular weight excluding hydrogens is 344 g/mol. The normalized spacial score (nSPS) is 14.7. The maximum absolute atomic E-state index is 13.7. The third-order valence-corrected chi connectivity index (χ3v) is 3.92. The highest BCUT2D eigenvalue weighted by Crippen LogP contribution is 2.21. The van der Waals surface area contributed by atoms with Gasteiger partial charge >= 0.3 is 0 Å². The highest BCUT2D eigenvalue weighted by atomic mass is 19.2. The molecule has 3 rings (SSSR count). The Morgan fingerprint density at radius 2 is 1.48 bits per heavy atom. The van der Waals surface area contributed by atoms with Crippen LogP contribution in [-0.4, -0.2) is 47.8 Å². The van der Waals surface area contributed by atoms with E-state index in [4.69, 9.17) is 4.42 Å². The molecule has 1 aromatic heterocycles. The molecule has 1 fully saturated rings. The van der Waals surface area contributed by atoms with Gasteiger partial charge in [-0.25, -0.2) is 17.6 Å². The van der Waals surface area contributed by atoms with E-state index >= 15 is 0 Å². The number of hydrogen-bond donors (Lipinski definition) is 0. The molecule has 25 heavy (non-hydrogen) atoms. The van der Waals surface area contributed by atoms with E-state index in [2.05, 4.69) is 0 Å². The van der Waals surface area contributed by atoms with Crippen molar-refractivity contribution in [3.8, 4) is 0 Å². The van der Waals surface area contributed by atoms with Gasteiger partial charge in [-0.1, -0.05) is 0 Å². The fourth-order valence-corrected chi connectivity index (χ4v) is 2.57. The zero-order valence-electron chi connectivity index (χ0n) is 12.8. The van der Waals surface area contributed by atoms with Crippen LogP contribution in [0.2, 0.25) is 0 Å². The molecule has 0 unspecified atom stereocenters. The van der Waals surface area contributed by atoms with E-state index in [9.17, 15) is 27.2 Å². The van der Waals surface area contributed by atoms with Gasteiger partial charge < -0.3 is 14.2 Å². The van der Waals surface area contributed by atoms with Gasteiger partial charge in [0, 0.05) is 26.2 Å². The van der Waals surface area contributed by atoms with Crippen molar-refractivity contribution in [1.29, 1.82) is 0 Å². The highest BCUT2D eigenvalue weighted by molar-refractivity contribution is 5.95. The minimum absolute atomic E-state index is 0.0331. The van der Waals surface area contributed by atoms with E-state index in [0.717, 1.165) is 4.90 Å². The van der Waals surface area contributed by atoms with E-state index < -0.39 is 34.7 Å². The summed E-state index contributed by atoms with van der Waals surface area (Å²) in [6.07, 6.45) is 1.35. The Hall–Kier alpha value is -2.84. The summed E-state index contributed by atoms with van der Waals surface area (Å²) in [6, 6.07) is 3.39. The van der Waals surface area contributed by atoms with Crippen LogP contribution in [0.15, 0.2) is 28.9 Å². The van der Waals surface area contributed by atoms with E-state index in [1.807, 2.05) is 0 Å². The fourth-order valence-electron chi connectivity index (χ4n) is 2.57. The molecule has 2 aromatic rings. The largest absolute Gasteiger partial charge is 0.459 e. The second-order valence-electron chi connectivity index (χ2n) is 5.41. The first-order chi connectivity index (χ1) is 11.9. The van der Waals surface area contributed by atoms with E-state index in [-0.39, 0.29) is 37.8 Å². The Morgan fingerprint density at radius 1 is 0.880 bits per heavy atom. The zero-order valence-corrected chi connectivity index (χ0v) is 12.8. The Labute approximate surface area is 139 Å². The average molecular weight is 356 g/mol. The van der Waals surface area contributed by atoms with Crippen molar-refractivity contribution in [3.63, 3.8) is 0 Å². The summed E-state index contributed by atoms with van der Waals surface area (Å²) in [5.41, 5.74) is -0.887. The molecule has 1 aromatic carbocycles.